The first-order valence-electron chi connectivity index (χ1n) is 8.32. The van der Waals surface area contributed by atoms with E-state index in [0.717, 1.165) is 0 Å². The summed E-state index contributed by atoms with van der Waals surface area (Å²) >= 11 is 0. The van der Waals surface area contributed by atoms with E-state index in [9.17, 15) is 14.4 Å². The van der Waals surface area contributed by atoms with E-state index < -0.39 is 17.8 Å². The smallest absolute Gasteiger partial charge is 0.337 e. The number of esters is 2. The van der Waals surface area contributed by atoms with Crippen LogP contribution in [0, 0.1) is 0 Å². The lowest BCUT2D eigenvalue weighted by Crippen LogP contribution is -2.15. The number of anilines is 1. The molecule has 0 aliphatic heterocycles. The quantitative estimate of drug-likeness (QED) is 0.703. The molecule has 0 aromatic heterocycles. The Labute approximate surface area is 167 Å². The van der Waals surface area contributed by atoms with Crippen LogP contribution < -0.4 is 19.5 Å². The molecule has 0 saturated heterocycles. The van der Waals surface area contributed by atoms with Crippen LogP contribution in [0.4, 0.5) is 5.69 Å². The molecule has 2 aromatic rings. The maximum Gasteiger partial charge on any atom is 0.337 e. The van der Waals surface area contributed by atoms with Crippen molar-refractivity contribution in [3.05, 3.63) is 47.0 Å². The van der Waals surface area contributed by atoms with E-state index >= 15 is 0 Å². The summed E-state index contributed by atoms with van der Waals surface area (Å²) in [7, 11) is 6.69. The van der Waals surface area contributed by atoms with Crippen molar-refractivity contribution >= 4 is 23.5 Å². The first-order valence-corrected chi connectivity index (χ1v) is 8.32. The minimum atomic E-state index is -0.671. The van der Waals surface area contributed by atoms with Crippen LogP contribution in [0.2, 0.25) is 0 Å². The molecule has 0 unspecified atom stereocenters. The molecule has 0 aliphatic carbocycles. The molecule has 9 heteroatoms. The summed E-state index contributed by atoms with van der Waals surface area (Å²) in [6, 6.07) is 7.12. The number of rotatable bonds is 7. The first-order chi connectivity index (χ1) is 13.9. The van der Waals surface area contributed by atoms with Crippen LogP contribution in [0.15, 0.2) is 30.3 Å². The maximum absolute atomic E-state index is 12.8. The van der Waals surface area contributed by atoms with E-state index in [1.165, 1.54) is 59.8 Å². The Bertz CT molecular complexity index is 904. The summed E-state index contributed by atoms with van der Waals surface area (Å²) in [5, 5.41) is 2.63. The Balaban J connectivity index is 2.47. The van der Waals surface area contributed by atoms with Gasteiger partial charge in [-0.2, -0.15) is 0 Å². The number of carbonyl (C=O) groups excluding carboxylic acids is 3. The van der Waals surface area contributed by atoms with Gasteiger partial charge in [-0.05, 0) is 30.3 Å². The summed E-state index contributed by atoms with van der Waals surface area (Å²) in [6.07, 6.45) is 0. The molecule has 0 aliphatic rings. The highest BCUT2D eigenvalue weighted by Crippen LogP contribution is 2.40. The zero-order chi connectivity index (χ0) is 21.6. The van der Waals surface area contributed by atoms with Gasteiger partial charge in [-0.3, -0.25) is 4.79 Å². The molecule has 2 aromatic carbocycles. The van der Waals surface area contributed by atoms with Crippen molar-refractivity contribution in [2.75, 3.05) is 40.9 Å². The van der Waals surface area contributed by atoms with Gasteiger partial charge in [-0.25, -0.2) is 9.59 Å². The van der Waals surface area contributed by atoms with E-state index in [1.54, 1.807) is 6.07 Å². The zero-order valence-corrected chi connectivity index (χ0v) is 16.7. The Hall–Kier alpha value is -3.75. The molecule has 1 amide bonds. The van der Waals surface area contributed by atoms with E-state index in [4.69, 9.17) is 14.2 Å². The second-order valence-corrected chi connectivity index (χ2v) is 5.62. The highest BCUT2D eigenvalue weighted by Gasteiger charge is 2.22. The predicted octanol–water partition coefficient (Wildman–Crippen LogP) is 2.54. The Morgan fingerprint density at radius 2 is 1.28 bits per heavy atom. The summed E-state index contributed by atoms with van der Waals surface area (Å²) in [5.41, 5.74) is 0.498. The molecular formula is C20H21NO8. The molecule has 1 N–H and O–H groups in total. The van der Waals surface area contributed by atoms with Gasteiger partial charge in [0.25, 0.3) is 5.91 Å². The van der Waals surface area contributed by atoms with Gasteiger partial charge >= 0.3 is 11.9 Å². The average Bonchev–Trinajstić information content (AvgIpc) is 2.76. The minimum Gasteiger partial charge on any atom is -0.493 e. The molecular weight excluding hydrogens is 382 g/mol. The third kappa shape index (κ3) is 4.57. The van der Waals surface area contributed by atoms with Crippen LogP contribution in [0.3, 0.4) is 0 Å². The third-order valence-electron chi connectivity index (χ3n) is 3.98. The van der Waals surface area contributed by atoms with Gasteiger partial charge in [0.05, 0.1) is 52.2 Å². The summed E-state index contributed by atoms with van der Waals surface area (Å²) in [5.74, 6) is -1.09. The molecule has 29 heavy (non-hydrogen) atoms. The highest BCUT2D eigenvalue weighted by atomic mass is 16.5. The van der Waals surface area contributed by atoms with Crippen molar-refractivity contribution in [1.29, 1.82) is 0 Å². The first kappa shape index (κ1) is 21.5. The van der Waals surface area contributed by atoms with Gasteiger partial charge in [0, 0.05) is 5.69 Å². The number of benzene rings is 2. The molecule has 0 fully saturated rings. The molecule has 0 atom stereocenters. The number of ether oxygens (including phenoxy) is 5. The monoisotopic (exact) mass is 403 g/mol. The van der Waals surface area contributed by atoms with Crippen molar-refractivity contribution < 1.29 is 38.1 Å². The van der Waals surface area contributed by atoms with Crippen LogP contribution in [-0.4, -0.2) is 53.4 Å². The van der Waals surface area contributed by atoms with Crippen molar-refractivity contribution in [1.82, 2.24) is 0 Å². The number of hydrogen-bond acceptors (Lipinski definition) is 8. The highest BCUT2D eigenvalue weighted by molar-refractivity contribution is 6.08. The fourth-order valence-corrected chi connectivity index (χ4v) is 2.65. The molecule has 0 spiro atoms. The van der Waals surface area contributed by atoms with Gasteiger partial charge in [-0.1, -0.05) is 0 Å². The van der Waals surface area contributed by atoms with Gasteiger partial charge in [0.2, 0.25) is 5.75 Å². The van der Waals surface area contributed by atoms with Gasteiger partial charge in [0.1, 0.15) is 0 Å². The Kier molecular flexibility index (Phi) is 7.02. The van der Waals surface area contributed by atoms with Crippen molar-refractivity contribution in [2.24, 2.45) is 0 Å². The van der Waals surface area contributed by atoms with Gasteiger partial charge < -0.3 is 29.0 Å². The molecule has 0 heterocycles. The summed E-state index contributed by atoms with van der Waals surface area (Å²) in [6.45, 7) is 0. The number of methoxy groups -OCH3 is 5. The van der Waals surface area contributed by atoms with Gasteiger partial charge in [0.15, 0.2) is 11.5 Å². The van der Waals surface area contributed by atoms with Crippen molar-refractivity contribution in [2.45, 2.75) is 0 Å². The van der Waals surface area contributed by atoms with Crippen LogP contribution in [-0.2, 0) is 9.47 Å². The van der Waals surface area contributed by atoms with Crippen LogP contribution in [0.1, 0.15) is 31.1 Å². The largest absolute Gasteiger partial charge is 0.493 e. The Morgan fingerprint density at radius 3 is 1.72 bits per heavy atom. The normalized spacial score (nSPS) is 9.97. The maximum atomic E-state index is 12.8. The van der Waals surface area contributed by atoms with E-state index in [1.807, 2.05) is 0 Å². The second-order valence-electron chi connectivity index (χ2n) is 5.62. The van der Waals surface area contributed by atoms with Crippen LogP contribution >= 0.6 is 0 Å². The fourth-order valence-electron chi connectivity index (χ4n) is 2.65. The number of amides is 1. The number of nitrogens with one attached hydrogen (secondary N) is 1. The fraction of sp³-hybridized carbons (Fsp3) is 0.250. The lowest BCUT2D eigenvalue weighted by molar-refractivity contribution is 0.0599. The lowest BCUT2D eigenvalue weighted by atomic mass is 10.1. The Morgan fingerprint density at radius 1 is 0.724 bits per heavy atom. The molecule has 9 nitrogen and oxygen atoms in total. The average molecular weight is 403 g/mol. The molecule has 2 rings (SSSR count). The van der Waals surface area contributed by atoms with Gasteiger partial charge in [-0.15, -0.1) is 0 Å². The van der Waals surface area contributed by atoms with Crippen LogP contribution in [0.25, 0.3) is 0 Å². The number of hydrogen-bond donors (Lipinski definition) is 1. The molecule has 0 saturated carbocycles. The zero-order valence-electron chi connectivity index (χ0n) is 16.7. The minimum absolute atomic E-state index is 0.0741. The SMILES string of the molecule is COC(=O)c1cc(NC(=O)c2ccc(OC)c(OC)c2OC)cc(C(=O)OC)c1. The molecule has 154 valence electrons. The van der Waals surface area contributed by atoms with E-state index in [-0.39, 0.29) is 33.9 Å². The molecule has 0 radical (unpaired) electrons. The topological polar surface area (TPSA) is 109 Å². The summed E-state index contributed by atoms with van der Waals surface area (Å²) in [4.78, 5) is 36.6. The summed E-state index contributed by atoms with van der Waals surface area (Å²) < 4.78 is 25.2. The van der Waals surface area contributed by atoms with Crippen molar-refractivity contribution in [3.63, 3.8) is 0 Å². The van der Waals surface area contributed by atoms with Crippen molar-refractivity contribution in [3.8, 4) is 17.2 Å². The number of carbonyl (C=O) groups is 3. The second kappa shape index (κ2) is 9.45. The lowest BCUT2D eigenvalue weighted by Gasteiger charge is -2.16. The standard InChI is InChI=1S/C20H21NO8/c1-25-15-7-6-14(16(26-2)17(15)27-3)18(22)21-13-9-11(19(23)28-4)8-12(10-13)20(24)29-5/h6-10H,1-5H3,(H,21,22). The predicted molar refractivity (Wildman–Crippen MR) is 103 cm³/mol. The van der Waals surface area contributed by atoms with Crippen LogP contribution in [0.5, 0.6) is 17.2 Å². The van der Waals surface area contributed by atoms with E-state index in [0.29, 0.717) is 5.75 Å². The molecule has 0 bridgehead atoms. The third-order valence-corrected chi connectivity index (χ3v) is 3.98. The van der Waals surface area contributed by atoms with E-state index in [2.05, 4.69) is 14.8 Å².